The van der Waals surface area contributed by atoms with Crippen molar-refractivity contribution in [3.8, 4) is 0 Å². The van der Waals surface area contributed by atoms with Crippen LogP contribution in [0.15, 0.2) is 11.4 Å². The zero-order chi connectivity index (χ0) is 12.2. The molecule has 0 aliphatic carbocycles. The Hall–Kier alpha value is -1.07. The van der Waals surface area contributed by atoms with Gasteiger partial charge in [-0.05, 0) is 37.8 Å². The van der Waals surface area contributed by atoms with Gasteiger partial charge in [-0.25, -0.2) is 4.79 Å². The molecule has 0 saturated heterocycles. The van der Waals surface area contributed by atoms with E-state index in [0.29, 0.717) is 13.1 Å². The van der Waals surface area contributed by atoms with Gasteiger partial charge in [0.25, 0.3) is 0 Å². The first kappa shape index (κ1) is 13.0. The van der Waals surface area contributed by atoms with Crippen LogP contribution < -0.4 is 11.1 Å². The number of rotatable bonds is 3. The smallest absolute Gasteiger partial charge is 0.407 e. The van der Waals surface area contributed by atoms with Gasteiger partial charge >= 0.3 is 6.09 Å². The molecule has 16 heavy (non-hydrogen) atoms. The van der Waals surface area contributed by atoms with Crippen molar-refractivity contribution >= 4 is 17.4 Å². The maximum absolute atomic E-state index is 11.4. The average Bonchev–Trinajstić information content (AvgIpc) is 2.59. The van der Waals surface area contributed by atoms with Crippen LogP contribution in [-0.2, 0) is 17.8 Å². The molecule has 0 saturated carbocycles. The first-order chi connectivity index (χ1) is 7.42. The van der Waals surface area contributed by atoms with Crippen molar-refractivity contribution in [1.82, 2.24) is 5.32 Å². The summed E-state index contributed by atoms with van der Waals surface area (Å²) in [7, 11) is 0. The maximum atomic E-state index is 11.4. The zero-order valence-electron chi connectivity index (χ0n) is 9.87. The predicted molar refractivity (Wildman–Crippen MR) is 65.3 cm³/mol. The van der Waals surface area contributed by atoms with Gasteiger partial charge in [0, 0.05) is 11.4 Å². The number of amides is 1. The average molecular weight is 242 g/mol. The number of carbonyl (C=O) groups is 1. The van der Waals surface area contributed by atoms with Crippen LogP contribution in [0.4, 0.5) is 4.79 Å². The molecule has 0 atom stereocenters. The fraction of sp³-hybridized carbons (Fsp3) is 0.545. The monoisotopic (exact) mass is 242 g/mol. The molecule has 0 unspecified atom stereocenters. The van der Waals surface area contributed by atoms with Crippen LogP contribution >= 0.6 is 11.3 Å². The lowest BCUT2D eigenvalue weighted by molar-refractivity contribution is 0.0524. The molecular formula is C11H18N2O2S. The largest absolute Gasteiger partial charge is 0.444 e. The fourth-order valence-electron chi connectivity index (χ4n) is 1.17. The molecule has 1 aromatic heterocycles. The molecule has 0 aliphatic heterocycles. The van der Waals surface area contributed by atoms with Gasteiger partial charge in [0.15, 0.2) is 0 Å². The topological polar surface area (TPSA) is 64.3 Å². The summed E-state index contributed by atoms with van der Waals surface area (Å²) in [5, 5.41) is 4.68. The van der Waals surface area contributed by atoms with Gasteiger partial charge in [0.05, 0.1) is 6.54 Å². The quantitative estimate of drug-likeness (QED) is 0.854. The lowest BCUT2D eigenvalue weighted by atomic mass is 10.2. The summed E-state index contributed by atoms with van der Waals surface area (Å²) in [6.07, 6.45) is -0.399. The molecule has 1 aromatic rings. The third kappa shape index (κ3) is 4.20. The lowest BCUT2D eigenvalue weighted by Crippen LogP contribution is -2.32. The number of nitrogens with one attached hydrogen (secondary N) is 1. The van der Waals surface area contributed by atoms with Crippen LogP contribution in [0.5, 0.6) is 0 Å². The Morgan fingerprint density at radius 1 is 1.56 bits per heavy atom. The normalized spacial score (nSPS) is 11.2. The molecule has 1 rings (SSSR count). The molecular weight excluding hydrogens is 224 g/mol. The highest BCUT2D eigenvalue weighted by atomic mass is 32.1. The van der Waals surface area contributed by atoms with Crippen molar-refractivity contribution < 1.29 is 9.53 Å². The van der Waals surface area contributed by atoms with E-state index in [-0.39, 0.29) is 0 Å². The van der Waals surface area contributed by atoms with Crippen molar-refractivity contribution in [3.63, 3.8) is 0 Å². The first-order valence-corrected chi connectivity index (χ1v) is 6.02. The van der Waals surface area contributed by atoms with Crippen LogP contribution in [0.2, 0.25) is 0 Å². The van der Waals surface area contributed by atoms with Crippen LogP contribution in [0, 0.1) is 0 Å². The van der Waals surface area contributed by atoms with E-state index >= 15 is 0 Å². The molecule has 90 valence electrons. The van der Waals surface area contributed by atoms with Crippen molar-refractivity contribution in [3.05, 3.63) is 21.9 Å². The Labute approximate surface area is 99.8 Å². The van der Waals surface area contributed by atoms with Gasteiger partial charge in [0.2, 0.25) is 0 Å². The fourth-order valence-corrected chi connectivity index (χ4v) is 2.03. The summed E-state index contributed by atoms with van der Waals surface area (Å²) in [5.41, 5.74) is 6.17. The van der Waals surface area contributed by atoms with E-state index in [9.17, 15) is 4.79 Å². The molecule has 0 bridgehead atoms. The predicted octanol–water partition coefficient (Wildman–Crippen LogP) is 2.23. The minimum atomic E-state index is -0.462. The van der Waals surface area contributed by atoms with Crippen molar-refractivity contribution in [1.29, 1.82) is 0 Å². The number of hydrogen-bond donors (Lipinski definition) is 2. The Morgan fingerprint density at radius 2 is 2.25 bits per heavy atom. The van der Waals surface area contributed by atoms with Gasteiger partial charge in [-0.3, -0.25) is 0 Å². The highest BCUT2D eigenvalue weighted by Gasteiger charge is 2.16. The van der Waals surface area contributed by atoms with Gasteiger partial charge < -0.3 is 15.8 Å². The lowest BCUT2D eigenvalue weighted by Gasteiger charge is -2.19. The van der Waals surface area contributed by atoms with E-state index in [4.69, 9.17) is 10.5 Å². The number of hydrogen-bond acceptors (Lipinski definition) is 4. The number of thiophene rings is 1. The third-order valence-corrected chi connectivity index (χ3v) is 2.81. The SMILES string of the molecule is CC(C)(C)OC(=O)NCc1sccc1CN. The molecule has 1 heterocycles. The minimum absolute atomic E-state index is 0.399. The maximum Gasteiger partial charge on any atom is 0.407 e. The Balaban J connectivity index is 2.43. The summed E-state index contributed by atoms with van der Waals surface area (Å²) in [6.45, 7) is 6.48. The van der Waals surface area contributed by atoms with E-state index in [1.54, 1.807) is 11.3 Å². The standard InChI is InChI=1S/C11H18N2O2S/c1-11(2,3)15-10(14)13-7-9-8(6-12)4-5-16-9/h4-5H,6-7,12H2,1-3H3,(H,13,14). The highest BCUT2D eigenvalue weighted by molar-refractivity contribution is 7.10. The second-order valence-electron chi connectivity index (χ2n) is 4.43. The number of nitrogens with two attached hydrogens (primary N) is 1. The van der Waals surface area contributed by atoms with Gasteiger partial charge in [-0.2, -0.15) is 0 Å². The molecule has 0 spiro atoms. The summed E-state index contributed by atoms with van der Waals surface area (Å²) in [6, 6.07) is 1.97. The second kappa shape index (κ2) is 5.32. The number of carbonyl (C=O) groups excluding carboxylic acids is 1. The van der Waals surface area contributed by atoms with Gasteiger partial charge in [-0.1, -0.05) is 0 Å². The molecule has 0 aromatic carbocycles. The Bertz CT molecular complexity index is 355. The van der Waals surface area contributed by atoms with Crippen molar-refractivity contribution in [2.75, 3.05) is 0 Å². The molecule has 0 fully saturated rings. The molecule has 1 amide bonds. The summed E-state index contributed by atoms with van der Waals surface area (Å²) in [4.78, 5) is 12.5. The van der Waals surface area contributed by atoms with Crippen LogP contribution in [-0.4, -0.2) is 11.7 Å². The zero-order valence-corrected chi connectivity index (χ0v) is 10.7. The van der Waals surface area contributed by atoms with E-state index in [0.717, 1.165) is 10.4 Å². The molecule has 0 radical (unpaired) electrons. The first-order valence-electron chi connectivity index (χ1n) is 5.14. The van der Waals surface area contributed by atoms with Crippen LogP contribution in [0.25, 0.3) is 0 Å². The molecule has 4 nitrogen and oxygen atoms in total. The summed E-state index contributed by atoms with van der Waals surface area (Å²) >= 11 is 1.58. The van der Waals surface area contributed by atoms with Crippen molar-refractivity contribution in [2.45, 2.75) is 39.5 Å². The highest BCUT2D eigenvalue weighted by Crippen LogP contribution is 2.16. The summed E-state index contributed by atoms with van der Waals surface area (Å²) < 4.78 is 5.13. The third-order valence-electron chi connectivity index (χ3n) is 1.85. The second-order valence-corrected chi connectivity index (χ2v) is 5.43. The minimum Gasteiger partial charge on any atom is -0.444 e. The van der Waals surface area contributed by atoms with E-state index in [1.165, 1.54) is 0 Å². The van der Waals surface area contributed by atoms with Gasteiger partial charge in [0.1, 0.15) is 5.60 Å². The molecule has 0 aliphatic rings. The van der Waals surface area contributed by atoms with Crippen molar-refractivity contribution in [2.24, 2.45) is 5.73 Å². The Kier molecular flexibility index (Phi) is 4.32. The number of alkyl carbamates (subject to hydrolysis) is 1. The van der Waals surface area contributed by atoms with Crippen LogP contribution in [0.3, 0.4) is 0 Å². The summed E-state index contributed by atoms with van der Waals surface area (Å²) in [5.74, 6) is 0. The van der Waals surface area contributed by atoms with E-state index < -0.39 is 11.7 Å². The van der Waals surface area contributed by atoms with E-state index in [1.807, 2.05) is 32.2 Å². The molecule has 3 N–H and O–H groups in total. The van der Waals surface area contributed by atoms with Gasteiger partial charge in [-0.15, -0.1) is 11.3 Å². The Morgan fingerprint density at radius 3 is 2.81 bits per heavy atom. The van der Waals surface area contributed by atoms with E-state index in [2.05, 4.69) is 5.32 Å². The van der Waals surface area contributed by atoms with Crippen LogP contribution in [0.1, 0.15) is 31.2 Å². The number of ether oxygens (including phenoxy) is 1. The molecule has 5 heteroatoms.